The lowest BCUT2D eigenvalue weighted by atomic mass is 10.1. The van der Waals surface area contributed by atoms with Gasteiger partial charge in [0.05, 0.1) is 17.3 Å². The zero-order valence-electron chi connectivity index (χ0n) is 12.0. The summed E-state index contributed by atoms with van der Waals surface area (Å²) in [5.74, 6) is 1.37. The zero-order valence-corrected chi connectivity index (χ0v) is 12.7. The molecule has 0 fully saturated rings. The summed E-state index contributed by atoms with van der Waals surface area (Å²) in [5, 5.41) is 2.47. The molecule has 0 bridgehead atoms. The molecule has 21 heavy (non-hydrogen) atoms. The highest BCUT2D eigenvalue weighted by atomic mass is 35.5. The van der Waals surface area contributed by atoms with Gasteiger partial charge in [-0.2, -0.15) is 0 Å². The Morgan fingerprint density at radius 2 is 1.71 bits per heavy atom. The van der Waals surface area contributed by atoms with Crippen LogP contribution in [-0.2, 0) is 5.88 Å². The lowest BCUT2D eigenvalue weighted by molar-refractivity contribution is 0.981. The lowest BCUT2D eigenvalue weighted by Crippen LogP contribution is -2.18. The summed E-state index contributed by atoms with van der Waals surface area (Å²) in [6, 6.07) is 20.8. The first kappa shape index (κ1) is 13.9. The highest BCUT2D eigenvalue weighted by molar-refractivity contribution is 6.16. The molecular formula is C18H17ClN2. The van der Waals surface area contributed by atoms with Gasteiger partial charge in [0.1, 0.15) is 5.82 Å². The van der Waals surface area contributed by atoms with Crippen LogP contribution >= 0.6 is 11.6 Å². The molecule has 0 saturated heterocycles. The summed E-state index contributed by atoms with van der Waals surface area (Å²) in [6.45, 7) is 2.99. The van der Waals surface area contributed by atoms with Gasteiger partial charge in [-0.05, 0) is 30.5 Å². The van der Waals surface area contributed by atoms with Crippen molar-refractivity contribution in [1.29, 1.82) is 0 Å². The Morgan fingerprint density at radius 1 is 0.952 bits per heavy atom. The number of benzene rings is 2. The van der Waals surface area contributed by atoms with E-state index in [1.54, 1.807) is 0 Å². The van der Waals surface area contributed by atoms with Gasteiger partial charge in [0.15, 0.2) is 0 Å². The molecule has 2 nitrogen and oxygen atoms in total. The van der Waals surface area contributed by atoms with E-state index in [4.69, 9.17) is 11.6 Å². The second-order valence-corrected chi connectivity index (χ2v) is 5.13. The summed E-state index contributed by atoms with van der Waals surface area (Å²) < 4.78 is 0. The SMILES string of the molecule is CCN(c1cccc(CCl)n1)c1cccc2ccccc12. The van der Waals surface area contributed by atoms with Crippen LogP contribution in [0, 0.1) is 0 Å². The molecule has 0 spiro atoms. The summed E-state index contributed by atoms with van der Waals surface area (Å²) in [7, 11) is 0. The number of anilines is 2. The molecule has 3 heteroatoms. The van der Waals surface area contributed by atoms with Crippen molar-refractivity contribution in [3.05, 3.63) is 66.4 Å². The standard InChI is InChI=1S/C18H17ClN2/c1-2-21(18-12-6-9-15(13-19)20-18)17-11-5-8-14-7-3-4-10-16(14)17/h3-12H,2,13H2,1H3. The molecule has 0 aliphatic carbocycles. The minimum atomic E-state index is 0.431. The molecule has 3 aromatic rings. The number of rotatable bonds is 4. The molecule has 106 valence electrons. The fourth-order valence-electron chi connectivity index (χ4n) is 2.59. The van der Waals surface area contributed by atoms with Gasteiger partial charge < -0.3 is 4.90 Å². The van der Waals surface area contributed by atoms with Crippen LogP contribution in [0.1, 0.15) is 12.6 Å². The normalized spacial score (nSPS) is 10.8. The van der Waals surface area contributed by atoms with Crippen LogP contribution in [0.3, 0.4) is 0 Å². The third kappa shape index (κ3) is 2.72. The maximum Gasteiger partial charge on any atom is 0.133 e. The number of alkyl halides is 1. The van der Waals surface area contributed by atoms with E-state index in [2.05, 4.69) is 59.3 Å². The van der Waals surface area contributed by atoms with Crippen LogP contribution in [0.25, 0.3) is 10.8 Å². The van der Waals surface area contributed by atoms with Crippen LogP contribution in [-0.4, -0.2) is 11.5 Å². The molecule has 0 aliphatic heterocycles. The summed E-state index contributed by atoms with van der Waals surface area (Å²) >= 11 is 5.91. The van der Waals surface area contributed by atoms with Crippen molar-refractivity contribution in [2.24, 2.45) is 0 Å². The Labute approximate surface area is 130 Å². The maximum absolute atomic E-state index is 5.91. The van der Waals surface area contributed by atoms with E-state index in [1.165, 1.54) is 16.5 Å². The number of aromatic nitrogens is 1. The Bertz CT molecular complexity index is 750. The minimum absolute atomic E-state index is 0.431. The van der Waals surface area contributed by atoms with Crippen molar-refractivity contribution >= 4 is 33.9 Å². The molecule has 0 saturated carbocycles. The predicted molar refractivity (Wildman–Crippen MR) is 90.4 cm³/mol. The molecule has 0 atom stereocenters. The molecule has 0 amide bonds. The van der Waals surface area contributed by atoms with Gasteiger partial charge in [-0.25, -0.2) is 4.98 Å². The minimum Gasteiger partial charge on any atom is -0.326 e. The molecule has 0 N–H and O–H groups in total. The van der Waals surface area contributed by atoms with Crippen LogP contribution < -0.4 is 4.90 Å². The van der Waals surface area contributed by atoms with E-state index in [-0.39, 0.29) is 0 Å². The average Bonchev–Trinajstić information content (AvgIpc) is 2.56. The topological polar surface area (TPSA) is 16.1 Å². The van der Waals surface area contributed by atoms with Gasteiger partial charge in [-0.15, -0.1) is 11.6 Å². The summed E-state index contributed by atoms with van der Waals surface area (Å²) in [5.41, 5.74) is 2.07. The lowest BCUT2D eigenvalue weighted by Gasteiger charge is -2.24. The highest BCUT2D eigenvalue weighted by Gasteiger charge is 2.11. The van der Waals surface area contributed by atoms with Gasteiger partial charge in [0.2, 0.25) is 0 Å². The molecule has 0 aliphatic rings. The zero-order chi connectivity index (χ0) is 14.7. The van der Waals surface area contributed by atoms with Gasteiger partial charge in [0.25, 0.3) is 0 Å². The van der Waals surface area contributed by atoms with Crippen LogP contribution in [0.5, 0.6) is 0 Å². The second-order valence-electron chi connectivity index (χ2n) is 4.86. The van der Waals surface area contributed by atoms with Gasteiger partial charge in [-0.1, -0.05) is 42.5 Å². The third-order valence-electron chi connectivity index (χ3n) is 3.58. The smallest absolute Gasteiger partial charge is 0.133 e. The van der Waals surface area contributed by atoms with E-state index in [9.17, 15) is 0 Å². The maximum atomic E-state index is 5.91. The number of hydrogen-bond donors (Lipinski definition) is 0. The summed E-state index contributed by atoms with van der Waals surface area (Å²) in [6.07, 6.45) is 0. The molecule has 0 unspecified atom stereocenters. The van der Waals surface area contributed by atoms with E-state index in [1.807, 2.05) is 18.2 Å². The van der Waals surface area contributed by atoms with Crippen molar-refractivity contribution in [1.82, 2.24) is 4.98 Å². The first-order valence-corrected chi connectivity index (χ1v) is 7.64. The average molecular weight is 297 g/mol. The fraction of sp³-hybridized carbons (Fsp3) is 0.167. The Kier molecular flexibility index (Phi) is 4.07. The van der Waals surface area contributed by atoms with Crippen LogP contribution in [0.15, 0.2) is 60.7 Å². The molecule has 3 rings (SSSR count). The van der Waals surface area contributed by atoms with E-state index < -0.39 is 0 Å². The molecule has 0 radical (unpaired) electrons. The number of nitrogens with zero attached hydrogens (tertiary/aromatic N) is 2. The van der Waals surface area contributed by atoms with Crippen LogP contribution in [0.2, 0.25) is 0 Å². The number of halogens is 1. The van der Waals surface area contributed by atoms with Crippen LogP contribution in [0.4, 0.5) is 11.5 Å². The highest BCUT2D eigenvalue weighted by Crippen LogP contribution is 2.31. The Balaban J connectivity index is 2.13. The van der Waals surface area contributed by atoms with Crippen molar-refractivity contribution < 1.29 is 0 Å². The molecule has 1 heterocycles. The van der Waals surface area contributed by atoms with E-state index in [0.717, 1.165) is 18.1 Å². The fourth-order valence-corrected chi connectivity index (χ4v) is 2.74. The molecular weight excluding hydrogens is 280 g/mol. The van der Waals surface area contributed by atoms with Gasteiger partial charge in [-0.3, -0.25) is 0 Å². The number of pyridine rings is 1. The van der Waals surface area contributed by atoms with Crippen molar-refractivity contribution in [2.45, 2.75) is 12.8 Å². The van der Waals surface area contributed by atoms with Gasteiger partial charge in [0, 0.05) is 11.9 Å². The third-order valence-corrected chi connectivity index (χ3v) is 3.85. The first-order valence-electron chi connectivity index (χ1n) is 7.10. The molecule has 2 aromatic carbocycles. The Hall–Kier alpha value is -2.06. The van der Waals surface area contributed by atoms with Crippen molar-refractivity contribution in [3.8, 4) is 0 Å². The van der Waals surface area contributed by atoms with E-state index in [0.29, 0.717) is 5.88 Å². The van der Waals surface area contributed by atoms with Crippen molar-refractivity contribution in [2.75, 3.05) is 11.4 Å². The predicted octanol–water partition coefficient (Wildman–Crippen LogP) is 5.13. The van der Waals surface area contributed by atoms with E-state index >= 15 is 0 Å². The Morgan fingerprint density at radius 3 is 2.52 bits per heavy atom. The monoisotopic (exact) mass is 296 g/mol. The van der Waals surface area contributed by atoms with Crippen molar-refractivity contribution in [3.63, 3.8) is 0 Å². The number of fused-ring (bicyclic) bond motifs is 1. The molecule has 1 aromatic heterocycles. The first-order chi connectivity index (χ1) is 10.3. The largest absolute Gasteiger partial charge is 0.326 e. The van der Waals surface area contributed by atoms with Gasteiger partial charge >= 0.3 is 0 Å². The number of hydrogen-bond acceptors (Lipinski definition) is 2. The second kappa shape index (κ2) is 6.15. The summed E-state index contributed by atoms with van der Waals surface area (Å²) in [4.78, 5) is 6.86. The quantitative estimate of drug-likeness (QED) is 0.620.